The molecule has 5 rings (SSSR count). The molecule has 4 aromatic rings. The predicted molar refractivity (Wildman–Crippen MR) is 102 cm³/mol. The lowest BCUT2D eigenvalue weighted by Crippen LogP contribution is -2.27. The molecule has 0 saturated carbocycles. The summed E-state index contributed by atoms with van der Waals surface area (Å²) in [6, 6.07) is 12.4. The summed E-state index contributed by atoms with van der Waals surface area (Å²) in [4.78, 5) is 28.0. The van der Waals surface area contributed by atoms with E-state index in [1.165, 1.54) is 6.20 Å². The van der Waals surface area contributed by atoms with E-state index < -0.39 is 0 Å². The number of ether oxygens (including phenoxy) is 2. The van der Waals surface area contributed by atoms with Crippen LogP contribution in [0.1, 0.15) is 28.9 Å². The van der Waals surface area contributed by atoms with E-state index in [0.717, 1.165) is 5.56 Å². The minimum atomic E-state index is -0.328. The number of carbonyl (C=O) groups is 1. The first kappa shape index (κ1) is 16.4. The van der Waals surface area contributed by atoms with Gasteiger partial charge in [0.1, 0.15) is 11.2 Å². The monoisotopic (exact) mass is 376 g/mol. The highest BCUT2D eigenvalue weighted by Crippen LogP contribution is 2.34. The van der Waals surface area contributed by atoms with Gasteiger partial charge in [0.05, 0.1) is 23.1 Å². The van der Waals surface area contributed by atoms with Crippen LogP contribution in [0.3, 0.4) is 0 Å². The number of benzene rings is 2. The van der Waals surface area contributed by atoms with E-state index in [1.807, 2.05) is 31.2 Å². The first-order valence-electron chi connectivity index (χ1n) is 8.81. The van der Waals surface area contributed by atoms with E-state index in [-0.39, 0.29) is 24.3 Å². The highest BCUT2D eigenvalue weighted by Gasteiger charge is 2.20. The fourth-order valence-corrected chi connectivity index (χ4v) is 3.38. The molecule has 0 fully saturated rings. The maximum absolute atomic E-state index is 12.8. The number of hydrogen-bond donors (Lipinski definition) is 2. The van der Waals surface area contributed by atoms with Crippen LogP contribution in [-0.2, 0) is 0 Å². The van der Waals surface area contributed by atoms with E-state index in [9.17, 15) is 9.59 Å². The van der Waals surface area contributed by atoms with Gasteiger partial charge in [0.25, 0.3) is 11.5 Å². The zero-order chi connectivity index (χ0) is 19.3. The standard InChI is InChI=1S/C20H16N4O4/c1-11(12-6-7-16-17(8-12)28-10-27-16)22-20(26)14-9-21-24-15-5-3-2-4-13(15)19(25)23-18(14)24/h2-9,11H,10H2,1H3,(H,22,26)(H,23,25). The lowest BCUT2D eigenvalue weighted by Gasteiger charge is -2.14. The Labute approximate surface area is 158 Å². The number of aromatic nitrogens is 3. The number of fused-ring (bicyclic) bond motifs is 4. The predicted octanol–water partition coefficient (Wildman–Crippen LogP) is 2.40. The topological polar surface area (TPSA) is 97.7 Å². The number of nitrogens with one attached hydrogen (secondary N) is 2. The van der Waals surface area contributed by atoms with Gasteiger partial charge < -0.3 is 19.8 Å². The first-order chi connectivity index (χ1) is 13.6. The number of aromatic amines is 1. The van der Waals surface area contributed by atoms with Gasteiger partial charge in [-0.05, 0) is 36.8 Å². The van der Waals surface area contributed by atoms with Gasteiger partial charge in [-0.15, -0.1) is 0 Å². The van der Waals surface area contributed by atoms with Crippen LogP contribution in [0, 0.1) is 0 Å². The van der Waals surface area contributed by atoms with Crippen LogP contribution in [0.15, 0.2) is 53.5 Å². The van der Waals surface area contributed by atoms with Crippen molar-refractivity contribution in [1.29, 1.82) is 0 Å². The Bertz CT molecular complexity index is 1290. The van der Waals surface area contributed by atoms with Crippen molar-refractivity contribution in [3.8, 4) is 11.5 Å². The molecule has 28 heavy (non-hydrogen) atoms. The Hall–Kier alpha value is -3.81. The van der Waals surface area contributed by atoms with Crippen molar-refractivity contribution in [3.05, 3.63) is 70.1 Å². The second-order valence-corrected chi connectivity index (χ2v) is 6.60. The third-order valence-electron chi connectivity index (χ3n) is 4.87. The molecule has 0 spiro atoms. The Morgan fingerprint density at radius 3 is 2.93 bits per heavy atom. The Morgan fingerprint density at radius 2 is 2.04 bits per heavy atom. The van der Waals surface area contributed by atoms with Gasteiger partial charge >= 0.3 is 0 Å². The zero-order valence-corrected chi connectivity index (χ0v) is 14.9. The number of para-hydroxylation sites is 1. The fraction of sp³-hybridized carbons (Fsp3) is 0.150. The van der Waals surface area contributed by atoms with Gasteiger partial charge in [0.15, 0.2) is 11.5 Å². The molecule has 140 valence electrons. The van der Waals surface area contributed by atoms with Gasteiger partial charge in [-0.25, -0.2) is 4.52 Å². The average molecular weight is 376 g/mol. The third-order valence-corrected chi connectivity index (χ3v) is 4.87. The van der Waals surface area contributed by atoms with Crippen molar-refractivity contribution in [2.75, 3.05) is 6.79 Å². The van der Waals surface area contributed by atoms with Crippen molar-refractivity contribution in [2.24, 2.45) is 0 Å². The van der Waals surface area contributed by atoms with E-state index >= 15 is 0 Å². The highest BCUT2D eigenvalue weighted by molar-refractivity contribution is 6.00. The number of rotatable bonds is 3. The summed E-state index contributed by atoms with van der Waals surface area (Å²) < 4.78 is 12.3. The van der Waals surface area contributed by atoms with E-state index in [2.05, 4.69) is 15.4 Å². The summed E-state index contributed by atoms with van der Waals surface area (Å²) in [7, 11) is 0. The van der Waals surface area contributed by atoms with Crippen molar-refractivity contribution < 1.29 is 14.3 Å². The summed E-state index contributed by atoms with van der Waals surface area (Å²) in [6.45, 7) is 2.07. The maximum atomic E-state index is 12.8. The molecule has 1 aliphatic rings. The van der Waals surface area contributed by atoms with Crippen LogP contribution in [0.2, 0.25) is 0 Å². The van der Waals surface area contributed by atoms with Crippen LogP contribution in [0.5, 0.6) is 11.5 Å². The van der Waals surface area contributed by atoms with Crippen molar-refractivity contribution >= 4 is 22.5 Å². The highest BCUT2D eigenvalue weighted by atomic mass is 16.7. The van der Waals surface area contributed by atoms with Gasteiger partial charge in [0.2, 0.25) is 6.79 Å². The summed E-state index contributed by atoms with van der Waals surface area (Å²) >= 11 is 0. The SMILES string of the molecule is CC(NC(=O)c1cnn2c1[nH]c(=O)c1ccccc12)c1ccc2c(c1)OCO2. The lowest BCUT2D eigenvalue weighted by atomic mass is 10.1. The molecule has 8 nitrogen and oxygen atoms in total. The molecule has 0 bridgehead atoms. The van der Waals surface area contributed by atoms with Crippen molar-refractivity contribution in [3.63, 3.8) is 0 Å². The van der Waals surface area contributed by atoms with E-state index in [1.54, 1.807) is 22.7 Å². The zero-order valence-electron chi connectivity index (χ0n) is 14.9. The van der Waals surface area contributed by atoms with Gasteiger partial charge in [-0.1, -0.05) is 18.2 Å². The molecule has 0 radical (unpaired) electrons. The molecule has 3 heterocycles. The molecule has 8 heteroatoms. The van der Waals surface area contributed by atoms with Gasteiger partial charge in [-0.3, -0.25) is 9.59 Å². The van der Waals surface area contributed by atoms with Gasteiger partial charge in [-0.2, -0.15) is 5.10 Å². The Morgan fingerprint density at radius 1 is 1.21 bits per heavy atom. The minimum absolute atomic E-state index is 0.198. The van der Waals surface area contributed by atoms with E-state index in [0.29, 0.717) is 33.6 Å². The molecule has 2 N–H and O–H groups in total. The van der Waals surface area contributed by atoms with E-state index in [4.69, 9.17) is 9.47 Å². The first-order valence-corrected chi connectivity index (χ1v) is 8.81. The molecule has 0 saturated heterocycles. The Balaban J connectivity index is 1.48. The normalized spacial score (nSPS) is 13.8. The molecule has 1 unspecified atom stereocenters. The van der Waals surface area contributed by atoms with Crippen molar-refractivity contribution in [2.45, 2.75) is 13.0 Å². The largest absolute Gasteiger partial charge is 0.454 e. The summed E-state index contributed by atoms with van der Waals surface area (Å²) in [5.41, 5.74) is 1.92. The Kier molecular flexibility index (Phi) is 3.58. The second-order valence-electron chi connectivity index (χ2n) is 6.60. The molecule has 0 aliphatic carbocycles. The molecular formula is C20H16N4O4. The molecule has 1 atom stereocenters. The lowest BCUT2D eigenvalue weighted by molar-refractivity contribution is 0.0941. The molecule has 1 aliphatic heterocycles. The van der Waals surface area contributed by atoms with Crippen molar-refractivity contribution in [1.82, 2.24) is 19.9 Å². The smallest absolute Gasteiger partial charge is 0.259 e. The molecule has 2 aromatic carbocycles. The molecule has 1 amide bonds. The average Bonchev–Trinajstić information content (AvgIpc) is 3.34. The summed E-state index contributed by atoms with van der Waals surface area (Å²) in [5, 5.41) is 7.74. The number of nitrogens with zero attached hydrogens (tertiary/aromatic N) is 2. The van der Waals surface area contributed by atoms with Crippen LogP contribution < -0.4 is 20.3 Å². The van der Waals surface area contributed by atoms with Crippen LogP contribution in [0.25, 0.3) is 16.6 Å². The van der Waals surface area contributed by atoms with Gasteiger partial charge in [0, 0.05) is 0 Å². The number of carbonyl (C=O) groups excluding carboxylic acids is 1. The quantitative estimate of drug-likeness (QED) is 0.572. The number of H-pyrrole nitrogens is 1. The van der Waals surface area contributed by atoms with Crippen LogP contribution >= 0.6 is 0 Å². The minimum Gasteiger partial charge on any atom is -0.454 e. The summed E-state index contributed by atoms with van der Waals surface area (Å²) in [6.07, 6.45) is 1.46. The molecule has 2 aromatic heterocycles. The number of hydrogen-bond acceptors (Lipinski definition) is 5. The molecular weight excluding hydrogens is 360 g/mol. The third kappa shape index (κ3) is 2.50. The maximum Gasteiger partial charge on any atom is 0.259 e. The van der Waals surface area contributed by atoms with Crippen LogP contribution in [0.4, 0.5) is 0 Å². The number of amides is 1. The summed E-state index contributed by atoms with van der Waals surface area (Å²) in [5.74, 6) is 1.02. The fourth-order valence-electron chi connectivity index (χ4n) is 3.38. The second kappa shape index (κ2) is 6.12. The van der Waals surface area contributed by atoms with Crippen LogP contribution in [-0.4, -0.2) is 27.3 Å².